The molecule has 1 amide bonds. The van der Waals surface area contributed by atoms with E-state index < -0.39 is 0 Å². The number of hydrogen-bond acceptors (Lipinski definition) is 3. The van der Waals surface area contributed by atoms with Crippen LogP contribution in [0.4, 0.5) is 0 Å². The highest BCUT2D eigenvalue weighted by atomic mass is 32.1. The first-order valence-corrected chi connectivity index (χ1v) is 10.2. The average Bonchev–Trinajstić information content (AvgIpc) is 3.08. The van der Waals surface area contributed by atoms with Crippen molar-refractivity contribution in [2.45, 2.75) is 82.3 Å². The van der Waals surface area contributed by atoms with Gasteiger partial charge in [-0.15, -0.1) is 11.3 Å². The molecule has 4 rings (SSSR count). The molecule has 2 aliphatic heterocycles. The minimum atomic E-state index is 0.257. The van der Waals surface area contributed by atoms with Gasteiger partial charge in [-0.1, -0.05) is 12.8 Å². The molecule has 3 heterocycles. The van der Waals surface area contributed by atoms with Crippen LogP contribution in [0.25, 0.3) is 0 Å². The van der Waals surface area contributed by atoms with Gasteiger partial charge >= 0.3 is 0 Å². The second-order valence-electron chi connectivity index (χ2n) is 7.65. The molecule has 1 aromatic rings. The van der Waals surface area contributed by atoms with Crippen LogP contribution in [0.5, 0.6) is 0 Å². The van der Waals surface area contributed by atoms with Gasteiger partial charge in [0.2, 0.25) is 0 Å². The molecule has 1 N–H and O–H groups in total. The van der Waals surface area contributed by atoms with Gasteiger partial charge in [-0.2, -0.15) is 0 Å². The lowest BCUT2D eigenvalue weighted by Gasteiger charge is -2.35. The molecule has 3 aliphatic rings. The van der Waals surface area contributed by atoms with Crippen molar-refractivity contribution < 1.29 is 4.79 Å². The maximum atomic E-state index is 13.0. The quantitative estimate of drug-likeness (QED) is 0.894. The second kappa shape index (κ2) is 6.56. The predicted molar refractivity (Wildman–Crippen MR) is 95.3 cm³/mol. The SMILES string of the molecule is CN(C(=O)c1cc2c(s1)CCCCCC2)C1CC2CCC(C1)N2. The number of nitrogens with zero attached hydrogens (tertiary/aromatic N) is 1. The van der Waals surface area contributed by atoms with Gasteiger partial charge in [0.1, 0.15) is 0 Å². The van der Waals surface area contributed by atoms with Crippen molar-refractivity contribution in [3.8, 4) is 0 Å². The number of nitrogens with one attached hydrogen (secondary N) is 1. The van der Waals surface area contributed by atoms with Crippen molar-refractivity contribution in [1.29, 1.82) is 0 Å². The summed E-state index contributed by atoms with van der Waals surface area (Å²) < 4.78 is 0. The molecule has 1 aromatic heterocycles. The van der Waals surface area contributed by atoms with Crippen LogP contribution < -0.4 is 5.32 Å². The fraction of sp³-hybridized carbons (Fsp3) is 0.737. The first kappa shape index (κ1) is 15.6. The van der Waals surface area contributed by atoms with Crippen LogP contribution in [0, 0.1) is 0 Å². The normalized spacial score (nSPS) is 30.4. The standard InChI is InChI=1S/C19H28N2OS/c1-21(16-11-14-8-9-15(12-16)20-14)19(22)18-10-13-6-4-2-3-5-7-17(13)23-18/h10,14-16,20H,2-9,11-12H2,1H3. The number of thiophene rings is 1. The summed E-state index contributed by atoms with van der Waals surface area (Å²) in [5.41, 5.74) is 1.46. The van der Waals surface area contributed by atoms with Crippen LogP contribution >= 0.6 is 11.3 Å². The number of piperidine rings is 1. The summed E-state index contributed by atoms with van der Waals surface area (Å²) in [5.74, 6) is 0.257. The fourth-order valence-electron chi connectivity index (χ4n) is 4.63. The number of aryl methyl sites for hydroxylation is 2. The number of carbonyl (C=O) groups excluding carboxylic acids is 1. The molecule has 2 atom stereocenters. The van der Waals surface area contributed by atoms with Gasteiger partial charge in [-0.05, 0) is 63.0 Å². The zero-order valence-corrected chi connectivity index (χ0v) is 15.0. The number of rotatable bonds is 2. The molecule has 0 radical (unpaired) electrons. The predicted octanol–water partition coefficient (Wildman–Crippen LogP) is 3.76. The summed E-state index contributed by atoms with van der Waals surface area (Å²) >= 11 is 1.77. The largest absolute Gasteiger partial charge is 0.338 e. The molecule has 2 unspecified atom stereocenters. The molecular weight excluding hydrogens is 304 g/mol. The van der Waals surface area contributed by atoms with Gasteiger partial charge in [-0.25, -0.2) is 0 Å². The minimum Gasteiger partial charge on any atom is -0.338 e. The van der Waals surface area contributed by atoms with Crippen LogP contribution in [0.3, 0.4) is 0 Å². The van der Waals surface area contributed by atoms with Crippen molar-refractivity contribution in [3.63, 3.8) is 0 Å². The Labute approximate surface area is 143 Å². The monoisotopic (exact) mass is 332 g/mol. The lowest BCUT2D eigenvalue weighted by atomic mass is 9.98. The Morgan fingerprint density at radius 3 is 2.57 bits per heavy atom. The van der Waals surface area contributed by atoms with Gasteiger partial charge in [0.05, 0.1) is 4.88 Å². The molecule has 1 aliphatic carbocycles. The zero-order valence-electron chi connectivity index (χ0n) is 14.1. The van der Waals surface area contributed by atoms with Gasteiger partial charge < -0.3 is 10.2 Å². The average molecular weight is 333 g/mol. The Bertz CT molecular complexity index is 544. The van der Waals surface area contributed by atoms with Gasteiger partial charge in [-0.3, -0.25) is 4.79 Å². The third-order valence-electron chi connectivity index (χ3n) is 6.02. The Morgan fingerprint density at radius 2 is 1.83 bits per heavy atom. The Hall–Kier alpha value is -0.870. The van der Waals surface area contributed by atoms with E-state index in [4.69, 9.17) is 0 Å². The first-order valence-electron chi connectivity index (χ1n) is 9.35. The summed E-state index contributed by atoms with van der Waals surface area (Å²) in [4.78, 5) is 17.5. The van der Waals surface area contributed by atoms with E-state index in [0.717, 1.165) is 17.7 Å². The van der Waals surface area contributed by atoms with Gasteiger partial charge in [0.15, 0.2) is 0 Å². The highest BCUT2D eigenvalue weighted by Crippen LogP contribution is 2.32. The third kappa shape index (κ3) is 3.20. The van der Waals surface area contributed by atoms with E-state index in [0.29, 0.717) is 18.1 Å². The lowest BCUT2D eigenvalue weighted by Crippen LogP contribution is -2.48. The highest BCUT2D eigenvalue weighted by molar-refractivity contribution is 7.14. The summed E-state index contributed by atoms with van der Waals surface area (Å²) in [6, 6.07) is 3.90. The highest BCUT2D eigenvalue weighted by Gasteiger charge is 2.36. The summed E-state index contributed by atoms with van der Waals surface area (Å²) in [6.45, 7) is 0. The van der Waals surface area contributed by atoms with Crippen LogP contribution in [0.15, 0.2) is 6.07 Å². The molecule has 126 valence electrons. The molecular formula is C19H28N2OS. The fourth-order valence-corrected chi connectivity index (χ4v) is 5.87. The van der Waals surface area contributed by atoms with Crippen molar-refractivity contribution in [1.82, 2.24) is 10.2 Å². The second-order valence-corrected chi connectivity index (χ2v) is 8.79. The van der Waals surface area contributed by atoms with Crippen molar-refractivity contribution >= 4 is 17.2 Å². The van der Waals surface area contributed by atoms with Gasteiger partial charge in [0, 0.05) is 30.1 Å². The molecule has 2 saturated heterocycles. The molecule has 4 heteroatoms. The smallest absolute Gasteiger partial charge is 0.263 e. The topological polar surface area (TPSA) is 32.3 Å². The Kier molecular flexibility index (Phi) is 4.46. The number of carbonyl (C=O) groups is 1. The summed E-state index contributed by atoms with van der Waals surface area (Å²) in [6.07, 6.45) is 12.4. The maximum absolute atomic E-state index is 13.0. The Morgan fingerprint density at radius 1 is 1.13 bits per heavy atom. The van der Waals surface area contributed by atoms with E-state index in [2.05, 4.69) is 11.4 Å². The summed E-state index contributed by atoms with van der Waals surface area (Å²) in [7, 11) is 2.02. The molecule has 0 spiro atoms. The van der Waals surface area contributed by atoms with Crippen LogP contribution in [-0.2, 0) is 12.8 Å². The van der Waals surface area contributed by atoms with E-state index in [1.165, 1.54) is 61.8 Å². The first-order chi connectivity index (χ1) is 11.2. The number of amides is 1. The van der Waals surface area contributed by atoms with E-state index >= 15 is 0 Å². The summed E-state index contributed by atoms with van der Waals surface area (Å²) in [5, 5.41) is 3.67. The molecule has 3 nitrogen and oxygen atoms in total. The molecule has 0 saturated carbocycles. The Balaban J connectivity index is 1.48. The van der Waals surface area contributed by atoms with E-state index in [1.807, 2.05) is 11.9 Å². The lowest BCUT2D eigenvalue weighted by molar-refractivity contribution is 0.0686. The third-order valence-corrected chi connectivity index (χ3v) is 7.25. The molecule has 2 bridgehead atoms. The molecule has 0 aromatic carbocycles. The molecule has 23 heavy (non-hydrogen) atoms. The van der Waals surface area contributed by atoms with E-state index in [1.54, 1.807) is 11.3 Å². The zero-order chi connectivity index (χ0) is 15.8. The maximum Gasteiger partial charge on any atom is 0.263 e. The van der Waals surface area contributed by atoms with E-state index in [9.17, 15) is 4.79 Å². The van der Waals surface area contributed by atoms with Crippen molar-refractivity contribution in [3.05, 3.63) is 21.4 Å². The van der Waals surface area contributed by atoms with Crippen LogP contribution in [0.1, 0.15) is 71.5 Å². The number of hydrogen-bond donors (Lipinski definition) is 1. The minimum absolute atomic E-state index is 0.257. The van der Waals surface area contributed by atoms with Crippen LogP contribution in [0.2, 0.25) is 0 Å². The molecule has 2 fully saturated rings. The van der Waals surface area contributed by atoms with Gasteiger partial charge in [0.25, 0.3) is 5.91 Å². The van der Waals surface area contributed by atoms with Crippen molar-refractivity contribution in [2.75, 3.05) is 7.05 Å². The number of fused-ring (bicyclic) bond motifs is 3. The van der Waals surface area contributed by atoms with Crippen LogP contribution in [-0.4, -0.2) is 36.0 Å². The van der Waals surface area contributed by atoms with E-state index in [-0.39, 0.29) is 5.91 Å². The van der Waals surface area contributed by atoms with Crippen molar-refractivity contribution in [2.24, 2.45) is 0 Å².